The lowest BCUT2D eigenvalue weighted by atomic mass is 10.3. The number of H-pyrrole nitrogens is 2. The van der Waals surface area contributed by atoms with Crippen molar-refractivity contribution in [2.75, 3.05) is 0 Å². The maximum atomic E-state index is 10.7. The second kappa shape index (κ2) is 3.53. The number of aromatic nitrogens is 2. The van der Waals surface area contributed by atoms with Gasteiger partial charge in [0, 0.05) is 17.8 Å². The van der Waals surface area contributed by atoms with Gasteiger partial charge in [0.2, 0.25) is 0 Å². The highest BCUT2D eigenvalue weighted by Crippen LogP contribution is 1.88. The van der Waals surface area contributed by atoms with Crippen LogP contribution < -0.4 is 11.2 Å². The Labute approximate surface area is 71.6 Å². The van der Waals surface area contributed by atoms with Gasteiger partial charge in [0.25, 0.3) is 5.56 Å². The van der Waals surface area contributed by atoms with E-state index in [2.05, 4.69) is 4.98 Å². The Hall–Kier alpha value is -2.11. The molecule has 0 saturated heterocycles. The molecule has 1 aromatic rings. The van der Waals surface area contributed by atoms with E-state index in [0.717, 1.165) is 18.2 Å². The number of aromatic amines is 2. The molecule has 0 atom stereocenters. The third kappa shape index (κ3) is 2.78. The van der Waals surface area contributed by atoms with Crippen molar-refractivity contribution in [3.63, 3.8) is 0 Å². The highest BCUT2D eigenvalue weighted by atomic mass is 16.4. The van der Waals surface area contributed by atoms with Crippen LogP contribution in [0.5, 0.6) is 0 Å². The van der Waals surface area contributed by atoms with E-state index >= 15 is 0 Å². The van der Waals surface area contributed by atoms with Gasteiger partial charge in [0.15, 0.2) is 0 Å². The van der Waals surface area contributed by atoms with Crippen LogP contribution in [-0.4, -0.2) is 21.0 Å². The Morgan fingerprint density at radius 1 is 1.38 bits per heavy atom. The van der Waals surface area contributed by atoms with Crippen LogP contribution in [0.25, 0.3) is 6.08 Å². The molecule has 0 spiro atoms. The second-order valence-electron chi connectivity index (χ2n) is 2.21. The number of hydrogen-bond donors (Lipinski definition) is 3. The minimum atomic E-state index is -1.15. The monoisotopic (exact) mass is 182 g/mol. The van der Waals surface area contributed by atoms with Gasteiger partial charge in [-0.15, -0.1) is 0 Å². The maximum Gasteiger partial charge on any atom is 0.328 e. The maximum absolute atomic E-state index is 10.7. The number of nitrogens with one attached hydrogen (secondary N) is 2. The zero-order valence-electron chi connectivity index (χ0n) is 6.40. The van der Waals surface area contributed by atoms with Gasteiger partial charge in [-0.25, -0.2) is 9.59 Å². The minimum absolute atomic E-state index is 0.149. The van der Waals surface area contributed by atoms with E-state index in [4.69, 9.17) is 5.11 Å². The van der Waals surface area contributed by atoms with Crippen molar-refractivity contribution in [3.05, 3.63) is 38.7 Å². The van der Waals surface area contributed by atoms with Crippen molar-refractivity contribution in [3.8, 4) is 0 Å². The molecule has 0 aliphatic heterocycles. The molecule has 1 aromatic heterocycles. The molecule has 6 heteroatoms. The Morgan fingerprint density at radius 2 is 2.08 bits per heavy atom. The lowest BCUT2D eigenvalue weighted by molar-refractivity contribution is -0.131. The first kappa shape index (κ1) is 8.98. The van der Waals surface area contributed by atoms with Crippen LogP contribution in [0.1, 0.15) is 5.69 Å². The highest BCUT2D eigenvalue weighted by Gasteiger charge is 1.92. The van der Waals surface area contributed by atoms with Gasteiger partial charge in [-0.3, -0.25) is 9.78 Å². The molecule has 0 radical (unpaired) electrons. The summed E-state index contributed by atoms with van der Waals surface area (Å²) in [6.07, 6.45) is 1.95. The summed E-state index contributed by atoms with van der Waals surface area (Å²) in [6, 6.07) is 1.08. The molecule has 68 valence electrons. The van der Waals surface area contributed by atoms with Gasteiger partial charge >= 0.3 is 11.7 Å². The number of aliphatic carboxylic acids is 1. The molecule has 0 aliphatic carbocycles. The van der Waals surface area contributed by atoms with Gasteiger partial charge in [0.05, 0.1) is 0 Å². The van der Waals surface area contributed by atoms with Crippen LogP contribution >= 0.6 is 0 Å². The SMILES string of the molecule is O=C(O)/C=C/c1cc(=O)[nH]c(=O)[nH]1. The van der Waals surface area contributed by atoms with Crippen LogP contribution in [0.2, 0.25) is 0 Å². The van der Waals surface area contributed by atoms with Gasteiger partial charge < -0.3 is 10.1 Å². The van der Waals surface area contributed by atoms with Crippen LogP contribution in [0.4, 0.5) is 0 Å². The molecule has 13 heavy (non-hydrogen) atoms. The average Bonchev–Trinajstić information content (AvgIpc) is 1.99. The Bertz CT molecular complexity index is 426. The number of rotatable bonds is 2. The van der Waals surface area contributed by atoms with Crippen molar-refractivity contribution in [1.29, 1.82) is 0 Å². The topological polar surface area (TPSA) is 103 Å². The van der Waals surface area contributed by atoms with E-state index in [-0.39, 0.29) is 5.69 Å². The lowest BCUT2D eigenvalue weighted by Crippen LogP contribution is -2.21. The van der Waals surface area contributed by atoms with Crippen LogP contribution in [0.15, 0.2) is 21.7 Å². The van der Waals surface area contributed by atoms with E-state index in [1.807, 2.05) is 4.98 Å². The van der Waals surface area contributed by atoms with Gasteiger partial charge in [0.1, 0.15) is 0 Å². The summed E-state index contributed by atoms with van der Waals surface area (Å²) in [4.78, 5) is 35.6. The zero-order valence-corrected chi connectivity index (χ0v) is 6.40. The largest absolute Gasteiger partial charge is 0.478 e. The molecule has 1 heterocycles. The molecule has 0 unspecified atom stereocenters. The van der Waals surface area contributed by atoms with Crippen molar-refractivity contribution in [1.82, 2.24) is 9.97 Å². The predicted octanol–water partition coefficient (Wildman–Crippen LogP) is -0.839. The molecule has 0 amide bonds. The first-order valence-corrected chi connectivity index (χ1v) is 3.32. The van der Waals surface area contributed by atoms with Crippen molar-refractivity contribution >= 4 is 12.0 Å². The molecule has 3 N–H and O–H groups in total. The van der Waals surface area contributed by atoms with Crippen molar-refractivity contribution in [2.45, 2.75) is 0 Å². The average molecular weight is 182 g/mol. The van der Waals surface area contributed by atoms with Gasteiger partial charge in [-0.05, 0) is 6.08 Å². The summed E-state index contributed by atoms with van der Waals surface area (Å²) in [6.45, 7) is 0. The Kier molecular flexibility index (Phi) is 2.44. The Morgan fingerprint density at radius 3 is 2.62 bits per heavy atom. The third-order valence-electron chi connectivity index (χ3n) is 1.19. The molecule has 0 fully saturated rings. The Balaban J connectivity index is 3.10. The highest BCUT2D eigenvalue weighted by molar-refractivity contribution is 5.84. The molecule has 1 rings (SSSR count). The quantitative estimate of drug-likeness (QED) is 0.519. The van der Waals surface area contributed by atoms with E-state index in [1.165, 1.54) is 0 Å². The lowest BCUT2D eigenvalue weighted by Gasteiger charge is -1.89. The fourth-order valence-electron chi connectivity index (χ4n) is 0.738. The molecular weight excluding hydrogens is 176 g/mol. The molecule has 0 saturated carbocycles. The first-order valence-electron chi connectivity index (χ1n) is 3.32. The molecule has 0 aromatic carbocycles. The smallest absolute Gasteiger partial charge is 0.328 e. The zero-order chi connectivity index (χ0) is 9.84. The first-order chi connectivity index (χ1) is 6.08. The number of carboxylic acids is 1. The molecular formula is C7H6N2O4. The predicted molar refractivity (Wildman–Crippen MR) is 44.4 cm³/mol. The summed E-state index contributed by atoms with van der Waals surface area (Å²) in [5.41, 5.74) is -1.09. The van der Waals surface area contributed by atoms with Crippen LogP contribution in [-0.2, 0) is 4.79 Å². The summed E-state index contributed by atoms with van der Waals surface area (Å²) >= 11 is 0. The normalized spacial score (nSPS) is 10.5. The van der Waals surface area contributed by atoms with Gasteiger partial charge in [-0.1, -0.05) is 0 Å². The summed E-state index contributed by atoms with van der Waals surface area (Å²) in [5, 5.41) is 8.25. The van der Waals surface area contributed by atoms with E-state index in [0.29, 0.717) is 0 Å². The van der Waals surface area contributed by atoms with E-state index in [9.17, 15) is 14.4 Å². The van der Waals surface area contributed by atoms with E-state index < -0.39 is 17.2 Å². The minimum Gasteiger partial charge on any atom is -0.478 e. The summed E-state index contributed by atoms with van der Waals surface area (Å²) in [5.74, 6) is -1.15. The standard InChI is InChI=1S/C7H6N2O4/c10-5-3-4(1-2-6(11)12)8-7(13)9-5/h1-3H,(H,11,12)(H2,8,9,10,13)/b2-1+. The number of hydrogen-bond acceptors (Lipinski definition) is 3. The summed E-state index contributed by atoms with van der Waals surface area (Å²) < 4.78 is 0. The molecule has 0 aliphatic rings. The second-order valence-corrected chi connectivity index (χ2v) is 2.21. The number of carbonyl (C=O) groups is 1. The fourth-order valence-corrected chi connectivity index (χ4v) is 0.738. The number of carboxylic acid groups (broad SMARTS) is 1. The van der Waals surface area contributed by atoms with Crippen molar-refractivity contribution in [2.24, 2.45) is 0 Å². The van der Waals surface area contributed by atoms with Crippen molar-refractivity contribution < 1.29 is 9.90 Å². The molecule has 0 bridgehead atoms. The van der Waals surface area contributed by atoms with Crippen LogP contribution in [0, 0.1) is 0 Å². The molecule has 6 nitrogen and oxygen atoms in total. The van der Waals surface area contributed by atoms with Crippen LogP contribution in [0.3, 0.4) is 0 Å². The van der Waals surface area contributed by atoms with E-state index in [1.54, 1.807) is 0 Å². The fraction of sp³-hybridized carbons (Fsp3) is 0. The third-order valence-corrected chi connectivity index (χ3v) is 1.19. The summed E-state index contributed by atoms with van der Waals surface area (Å²) in [7, 11) is 0. The van der Waals surface area contributed by atoms with Gasteiger partial charge in [-0.2, -0.15) is 0 Å².